The van der Waals surface area contributed by atoms with E-state index in [2.05, 4.69) is 0 Å². The lowest BCUT2D eigenvalue weighted by atomic mass is 9.78. The zero-order valence-corrected chi connectivity index (χ0v) is 11.2. The van der Waals surface area contributed by atoms with Gasteiger partial charge < -0.3 is 20.1 Å². The van der Waals surface area contributed by atoms with Crippen molar-refractivity contribution in [3.05, 3.63) is 0 Å². The van der Waals surface area contributed by atoms with Gasteiger partial charge in [0.2, 0.25) is 5.91 Å². The van der Waals surface area contributed by atoms with Crippen LogP contribution < -0.4 is 5.73 Å². The first-order valence-corrected chi connectivity index (χ1v) is 6.87. The molecule has 0 radical (unpaired) electrons. The molecule has 2 fully saturated rings. The number of hydrogen-bond acceptors (Lipinski definition) is 4. The maximum Gasteiger partial charge on any atom is 0.230 e. The summed E-state index contributed by atoms with van der Waals surface area (Å²) in [7, 11) is 0. The zero-order valence-electron chi connectivity index (χ0n) is 11.2. The minimum atomic E-state index is -0.400. The maximum absolute atomic E-state index is 12.7. The first kappa shape index (κ1) is 13.8. The Bertz CT molecular complexity index is 290. The Balaban J connectivity index is 2.07. The lowest BCUT2D eigenvalue weighted by molar-refractivity contribution is -0.147. The van der Waals surface area contributed by atoms with E-state index in [1.54, 1.807) is 0 Å². The number of nitrogens with zero attached hydrogens (tertiary/aromatic N) is 1. The van der Waals surface area contributed by atoms with Crippen LogP contribution in [0.2, 0.25) is 0 Å². The van der Waals surface area contributed by atoms with Crippen molar-refractivity contribution in [1.29, 1.82) is 0 Å². The van der Waals surface area contributed by atoms with E-state index in [1.807, 2.05) is 11.8 Å². The number of carbonyl (C=O) groups is 1. The van der Waals surface area contributed by atoms with Crippen LogP contribution in [0.15, 0.2) is 0 Å². The van der Waals surface area contributed by atoms with Crippen molar-refractivity contribution in [3.63, 3.8) is 0 Å². The van der Waals surface area contributed by atoms with Gasteiger partial charge in [0, 0.05) is 39.5 Å². The molecule has 1 amide bonds. The van der Waals surface area contributed by atoms with Crippen LogP contribution in [0.25, 0.3) is 0 Å². The number of carbonyl (C=O) groups excluding carboxylic acids is 1. The van der Waals surface area contributed by atoms with E-state index in [4.69, 9.17) is 15.2 Å². The van der Waals surface area contributed by atoms with E-state index in [1.165, 1.54) is 0 Å². The Hall–Kier alpha value is -0.650. The predicted octanol–water partition coefficient (Wildman–Crippen LogP) is 0.379. The summed E-state index contributed by atoms with van der Waals surface area (Å²) in [5.74, 6) is 0.200. The molecule has 2 N–H and O–H groups in total. The van der Waals surface area contributed by atoms with E-state index in [-0.39, 0.29) is 12.0 Å². The Morgan fingerprint density at radius 3 is 2.78 bits per heavy atom. The van der Waals surface area contributed by atoms with Crippen LogP contribution in [0.4, 0.5) is 0 Å². The Kier molecular flexibility index (Phi) is 4.59. The summed E-state index contributed by atoms with van der Waals surface area (Å²) >= 11 is 0. The van der Waals surface area contributed by atoms with Crippen LogP contribution >= 0.6 is 0 Å². The first-order valence-electron chi connectivity index (χ1n) is 6.87. The zero-order chi connectivity index (χ0) is 13.0. The largest absolute Gasteiger partial charge is 0.381 e. The third kappa shape index (κ3) is 2.84. The molecule has 1 atom stereocenters. The van der Waals surface area contributed by atoms with Crippen LogP contribution in [-0.4, -0.2) is 56.4 Å². The van der Waals surface area contributed by atoms with Gasteiger partial charge >= 0.3 is 0 Å². The number of rotatable bonds is 2. The molecule has 2 heterocycles. The second kappa shape index (κ2) is 5.99. The molecule has 0 aliphatic carbocycles. The van der Waals surface area contributed by atoms with Gasteiger partial charge in [0.1, 0.15) is 0 Å². The lowest BCUT2D eigenvalue weighted by Crippen LogP contribution is -2.52. The van der Waals surface area contributed by atoms with Crippen molar-refractivity contribution in [3.8, 4) is 0 Å². The minimum absolute atomic E-state index is 0.117. The van der Waals surface area contributed by atoms with Crippen molar-refractivity contribution in [1.82, 2.24) is 4.90 Å². The number of nitrogens with two attached hydrogens (primary N) is 1. The molecule has 0 aromatic carbocycles. The van der Waals surface area contributed by atoms with Gasteiger partial charge in [0.25, 0.3) is 0 Å². The second-order valence-corrected chi connectivity index (χ2v) is 5.38. The molecule has 1 unspecified atom stereocenters. The van der Waals surface area contributed by atoms with Crippen LogP contribution in [0.1, 0.15) is 26.2 Å². The number of ether oxygens (including phenoxy) is 2. The maximum atomic E-state index is 12.7. The number of hydrogen-bond donors (Lipinski definition) is 1. The van der Waals surface area contributed by atoms with Crippen LogP contribution in [-0.2, 0) is 14.3 Å². The topological polar surface area (TPSA) is 64.8 Å². The van der Waals surface area contributed by atoms with E-state index >= 15 is 0 Å². The molecule has 104 valence electrons. The molecule has 0 bridgehead atoms. The highest BCUT2D eigenvalue weighted by atomic mass is 16.5. The molecule has 2 rings (SSSR count). The van der Waals surface area contributed by atoms with Crippen molar-refractivity contribution >= 4 is 5.91 Å². The third-order valence-corrected chi connectivity index (χ3v) is 4.03. The van der Waals surface area contributed by atoms with Gasteiger partial charge in [0.05, 0.1) is 11.5 Å². The highest BCUT2D eigenvalue weighted by Gasteiger charge is 2.41. The molecular weight excluding hydrogens is 232 g/mol. The highest BCUT2D eigenvalue weighted by molar-refractivity contribution is 5.83. The average Bonchev–Trinajstić information content (AvgIpc) is 2.63. The molecule has 0 spiro atoms. The van der Waals surface area contributed by atoms with Crippen LogP contribution in [0.3, 0.4) is 0 Å². The van der Waals surface area contributed by atoms with Crippen molar-refractivity contribution in [2.75, 3.05) is 39.5 Å². The molecule has 2 aliphatic heterocycles. The molecule has 2 saturated heterocycles. The Morgan fingerprint density at radius 2 is 2.11 bits per heavy atom. The fraction of sp³-hybridized carbons (Fsp3) is 0.923. The van der Waals surface area contributed by atoms with Gasteiger partial charge in [-0.3, -0.25) is 4.79 Å². The summed E-state index contributed by atoms with van der Waals surface area (Å²) in [6.45, 7) is 5.92. The monoisotopic (exact) mass is 256 g/mol. The fourth-order valence-electron chi connectivity index (χ4n) is 2.78. The summed E-state index contributed by atoms with van der Waals surface area (Å²) in [5.41, 5.74) is 5.48. The van der Waals surface area contributed by atoms with E-state index in [9.17, 15) is 4.79 Å². The Labute approximate surface area is 109 Å². The fourth-order valence-corrected chi connectivity index (χ4v) is 2.78. The predicted molar refractivity (Wildman–Crippen MR) is 68.2 cm³/mol. The minimum Gasteiger partial charge on any atom is -0.381 e. The summed E-state index contributed by atoms with van der Waals surface area (Å²) in [4.78, 5) is 14.7. The molecule has 2 aliphatic rings. The normalized spacial score (nSPS) is 28.8. The summed E-state index contributed by atoms with van der Waals surface area (Å²) in [6, 6.07) is 0. The Morgan fingerprint density at radius 1 is 1.39 bits per heavy atom. The van der Waals surface area contributed by atoms with E-state index in [0.29, 0.717) is 26.3 Å². The molecule has 0 saturated carbocycles. The second-order valence-electron chi connectivity index (χ2n) is 5.38. The molecule has 5 nitrogen and oxygen atoms in total. The first-order chi connectivity index (χ1) is 8.68. The quantitative estimate of drug-likeness (QED) is 0.775. The smallest absolute Gasteiger partial charge is 0.230 e. The average molecular weight is 256 g/mol. The van der Waals surface area contributed by atoms with Gasteiger partial charge in [-0.15, -0.1) is 0 Å². The summed E-state index contributed by atoms with van der Waals surface area (Å²) in [5, 5.41) is 0. The molecule has 18 heavy (non-hydrogen) atoms. The third-order valence-electron chi connectivity index (χ3n) is 4.03. The van der Waals surface area contributed by atoms with Gasteiger partial charge in [-0.25, -0.2) is 0 Å². The van der Waals surface area contributed by atoms with Crippen LogP contribution in [0, 0.1) is 5.41 Å². The van der Waals surface area contributed by atoms with E-state index < -0.39 is 5.41 Å². The molecular formula is C13H24N2O3. The van der Waals surface area contributed by atoms with E-state index in [0.717, 1.165) is 32.4 Å². The number of amides is 1. The van der Waals surface area contributed by atoms with Crippen molar-refractivity contribution in [2.45, 2.75) is 32.3 Å². The van der Waals surface area contributed by atoms with Gasteiger partial charge in [0.15, 0.2) is 0 Å². The van der Waals surface area contributed by atoms with Crippen molar-refractivity contribution in [2.24, 2.45) is 11.1 Å². The summed E-state index contributed by atoms with van der Waals surface area (Å²) < 4.78 is 10.9. The molecule has 0 aromatic rings. The SMILES string of the molecule is CC1CN(C(=O)C2(CN)CCOCC2)CCCO1. The van der Waals surface area contributed by atoms with Gasteiger partial charge in [-0.2, -0.15) is 0 Å². The van der Waals surface area contributed by atoms with Crippen LogP contribution in [0.5, 0.6) is 0 Å². The molecule has 5 heteroatoms. The standard InChI is InChI=1S/C13H24N2O3/c1-11-9-15(5-2-6-18-11)12(16)13(10-14)3-7-17-8-4-13/h11H,2-10,14H2,1H3. The lowest BCUT2D eigenvalue weighted by Gasteiger charge is -2.38. The highest BCUT2D eigenvalue weighted by Crippen LogP contribution is 2.32. The molecule has 0 aromatic heterocycles. The van der Waals surface area contributed by atoms with Gasteiger partial charge in [-0.1, -0.05) is 0 Å². The van der Waals surface area contributed by atoms with Gasteiger partial charge in [-0.05, 0) is 26.2 Å². The summed E-state index contributed by atoms with van der Waals surface area (Å²) in [6.07, 6.45) is 2.51. The van der Waals surface area contributed by atoms with Crippen molar-refractivity contribution < 1.29 is 14.3 Å².